The highest BCUT2D eigenvalue weighted by molar-refractivity contribution is 5.19. The number of hydrogen-bond acceptors (Lipinski definition) is 2. The third-order valence-electron chi connectivity index (χ3n) is 6.70. The molecule has 28 heavy (non-hydrogen) atoms. The molecule has 0 saturated heterocycles. The first-order valence-electron chi connectivity index (χ1n) is 11.8. The number of nitrogens with zero attached hydrogens (tertiary/aromatic N) is 1. The molecule has 0 heterocycles. The molecule has 0 atom stereocenters. The minimum atomic E-state index is -0.723. The summed E-state index contributed by atoms with van der Waals surface area (Å²) in [6, 6.07) is 1.50. The smallest absolute Gasteiger partial charge is 0.199 e. The van der Waals surface area contributed by atoms with Crippen molar-refractivity contribution in [3.8, 4) is 6.07 Å². The maximum Gasteiger partial charge on any atom is 0.199 e. The maximum atomic E-state index is 12.8. The summed E-state index contributed by atoms with van der Waals surface area (Å²) >= 11 is 0. The van der Waals surface area contributed by atoms with E-state index in [1.54, 1.807) is 6.08 Å². The summed E-state index contributed by atoms with van der Waals surface area (Å²) in [5.41, 5.74) is 0. The van der Waals surface area contributed by atoms with Gasteiger partial charge in [0.15, 0.2) is 5.83 Å². The fourth-order valence-corrected chi connectivity index (χ4v) is 4.78. The largest absolute Gasteiger partial charge is 0.378 e. The van der Waals surface area contributed by atoms with Crippen molar-refractivity contribution in [1.29, 1.82) is 5.26 Å². The van der Waals surface area contributed by atoms with Crippen molar-refractivity contribution in [3.63, 3.8) is 0 Å². The van der Waals surface area contributed by atoms with Gasteiger partial charge in [-0.2, -0.15) is 9.65 Å². The lowest BCUT2D eigenvalue weighted by molar-refractivity contribution is -0.00664. The molecule has 0 amide bonds. The first-order valence-corrected chi connectivity index (χ1v) is 11.8. The number of hydrogen-bond donors (Lipinski definition) is 0. The fourth-order valence-electron chi connectivity index (χ4n) is 4.78. The van der Waals surface area contributed by atoms with Gasteiger partial charge in [0, 0.05) is 6.61 Å². The molecule has 0 aromatic heterocycles. The van der Waals surface area contributed by atoms with Crippen LogP contribution in [0.25, 0.3) is 0 Å². The second-order valence-corrected chi connectivity index (χ2v) is 8.97. The van der Waals surface area contributed by atoms with Crippen LogP contribution in [0.2, 0.25) is 0 Å². The second kappa shape index (κ2) is 13.9. The Morgan fingerprint density at radius 2 is 1.64 bits per heavy atom. The summed E-state index contributed by atoms with van der Waals surface area (Å²) in [6.07, 6.45) is 23.8. The number of halogens is 1. The lowest BCUT2D eigenvalue weighted by atomic mass is 9.80. The molecule has 2 nitrogen and oxygen atoms in total. The Kier molecular flexibility index (Phi) is 11.5. The minimum Gasteiger partial charge on any atom is -0.378 e. The number of allylic oxidation sites excluding steroid dienone is 4. The average molecular weight is 390 g/mol. The summed E-state index contributed by atoms with van der Waals surface area (Å²) in [5.74, 6) is 1.52. The highest BCUT2D eigenvalue weighted by Crippen LogP contribution is 2.33. The zero-order valence-corrected chi connectivity index (χ0v) is 17.9. The predicted molar refractivity (Wildman–Crippen MR) is 114 cm³/mol. The molecule has 2 fully saturated rings. The van der Waals surface area contributed by atoms with Gasteiger partial charge in [-0.15, -0.1) is 0 Å². The Morgan fingerprint density at radius 1 is 0.964 bits per heavy atom. The van der Waals surface area contributed by atoms with Crippen LogP contribution in [0, 0.1) is 29.1 Å². The van der Waals surface area contributed by atoms with Gasteiger partial charge >= 0.3 is 0 Å². The van der Waals surface area contributed by atoms with Crippen molar-refractivity contribution >= 4 is 0 Å². The van der Waals surface area contributed by atoms with Crippen LogP contribution in [0.5, 0.6) is 0 Å². The number of rotatable bonds is 11. The molecule has 3 heteroatoms. The van der Waals surface area contributed by atoms with E-state index in [0.29, 0.717) is 12.0 Å². The van der Waals surface area contributed by atoms with Gasteiger partial charge in [0.1, 0.15) is 6.07 Å². The van der Waals surface area contributed by atoms with E-state index in [4.69, 9.17) is 10.00 Å². The van der Waals surface area contributed by atoms with E-state index in [2.05, 4.69) is 6.92 Å². The van der Waals surface area contributed by atoms with Gasteiger partial charge in [-0.25, -0.2) is 0 Å². The third kappa shape index (κ3) is 9.37. The quantitative estimate of drug-likeness (QED) is 0.206. The molecular weight excluding hydrogens is 349 g/mol. The van der Waals surface area contributed by atoms with Crippen LogP contribution in [-0.4, -0.2) is 12.7 Å². The van der Waals surface area contributed by atoms with E-state index >= 15 is 0 Å². The summed E-state index contributed by atoms with van der Waals surface area (Å²) < 4.78 is 19.0. The fraction of sp³-hybridized carbons (Fsp3) is 0.800. The number of nitriles is 1. The lowest BCUT2D eigenvalue weighted by Gasteiger charge is -2.31. The Hall–Kier alpha value is -1.14. The van der Waals surface area contributed by atoms with Gasteiger partial charge in [0.25, 0.3) is 0 Å². The van der Waals surface area contributed by atoms with Crippen molar-refractivity contribution in [1.82, 2.24) is 0 Å². The van der Waals surface area contributed by atoms with Crippen LogP contribution in [0.1, 0.15) is 96.8 Å². The monoisotopic (exact) mass is 389 g/mol. The van der Waals surface area contributed by atoms with Crippen LogP contribution < -0.4 is 0 Å². The third-order valence-corrected chi connectivity index (χ3v) is 6.70. The predicted octanol–water partition coefficient (Wildman–Crippen LogP) is 7.66. The Balaban J connectivity index is 1.52. The van der Waals surface area contributed by atoms with Crippen LogP contribution in [0.3, 0.4) is 0 Å². The molecule has 0 spiro atoms. The first kappa shape index (κ1) is 23.1. The number of unbranched alkanes of at least 4 members (excludes halogenated alkanes) is 4. The minimum absolute atomic E-state index is 0.410. The standard InChI is InChI=1S/C25H40FNO/c1-2-3-4-5-6-8-21-11-13-23(14-12-21)20-28-25-17-15-22(16-18-25)9-7-10-24(26)19-27/h7,9-10,21-23,25H,2-6,8,11-18,20H2,1H3. The van der Waals surface area contributed by atoms with Crippen LogP contribution in [-0.2, 0) is 4.74 Å². The van der Waals surface area contributed by atoms with E-state index in [-0.39, 0.29) is 0 Å². The number of ether oxygens (including phenoxy) is 1. The topological polar surface area (TPSA) is 33.0 Å². The van der Waals surface area contributed by atoms with Gasteiger partial charge in [-0.05, 0) is 62.4 Å². The van der Waals surface area contributed by atoms with E-state index in [0.717, 1.165) is 44.1 Å². The molecular formula is C25H40FNO. The Labute approximate surface area is 172 Å². The van der Waals surface area contributed by atoms with E-state index in [1.807, 2.05) is 6.08 Å². The molecule has 2 rings (SSSR count). The Bertz CT molecular complexity index is 505. The van der Waals surface area contributed by atoms with E-state index < -0.39 is 5.83 Å². The molecule has 0 aliphatic heterocycles. The molecule has 158 valence electrons. The SMILES string of the molecule is CCCCCCCC1CCC(COC2CCC(C=CC=C(F)C#N)CC2)CC1. The van der Waals surface area contributed by atoms with Gasteiger partial charge in [0.2, 0.25) is 0 Å². The zero-order valence-electron chi connectivity index (χ0n) is 17.9. The molecule has 2 saturated carbocycles. The highest BCUT2D eigenvalue weighted by atomic mass is 19.1. The maximum absolute atomic E-state index is 12.8. The van der Waals surface area contributed by atoms with Gasteiger partial charge in [0.05, 0.1) is 6.10 Å². The van der Waals surface area contributed by atoms with Crippen molar-refractivity contribution in [3.05, 3.63) is 24.1 Å². The van der Waals surface area contributed by atoms with Gasteiger partial charge < -0.3 is 4.74 Å². The van der Waals surface area contributed by atoms with Crippen molar-refractivity contribution in [2.24, 2.45) is 17.8 Å². The molecule has 0 bridgehead atoms. The summed E-state index contributed by atoms with van der Waals surface area (Å²) in [7, 11) is 0. The molecule has 0 unspecified atom stereocenters. The van der Waals surface area contributed by atoms with E-state index in [1.165, 1.54) is 76.4 Å². The summed E-state index contributed by atoms with van der Waals surface area (Å²) in [5, 5.41) is 8.41. The molecule has 2 aliphatic carbocycles. The van der Waals surface area contributed by atoms with Crippen LogP contribution in [0.15, 0.2) is 24.1 Å². The molecule has 0 radical (unpaired) electrons. The Morgan fingerprint density at radius 3 is 2.32 bits per heavy atom. The van der Waals surface area contributed by atoms with Crippen molar-refractivity contribution in [2.75, 3.05) is 6.61 Å². The summed E-state index contributed by atoms with van der Waals surface area (Å²) in [6.45, 7) is 3.23. The van der Waals surface area contributed by atoms with Crippen molar-refractivity contribution in [2.45, 2.75) is 103 Å². The van der Waals surface area contributed by atoms with Crippen LogP contribution >= 0.6 is 0 Å². The first-order chi connectivity index (χ1) is 13.7. The molecule has 0 aromatic carbocycles. The lowest BCUT2D eigenvalue weighted by Crippen LogP contribution is -2.25. The van der Waals surface area contributed by atoms with Gasteiger partial charge in [-0.1, -0.05) is 70.4 Å². The van der Waals surface area contributed by atoms with E-state index in [9.17, 15) is 4.39 Å². The zero-order chi connectivity index (χ0) is 20.0. The van der Waals surface area contributed by atoms with Gasteiger partial charge in [-0.3, -0.25) is 0 Å². The second-order valence-electron chi connectivity index (χ2n) is 8.97. The highest BCUT2D eigenvalue weighted by Gasteiger charge is 2.24. The van der Waals surface area contributed by atoms with Crippen molar-refractivity contribution < 1.29 is 9.13 Å². The normalized spacial score (nSPS) is 29.1. The van der Waals surface area contributed by atoms with Crippen LogP contribution in [0.4, 0.5) is 4.39 Å². The average Bonchev–Trinajstić information content (AvgIpc) is 2.73. The summed E-state index contributed by atoms with van der Waals surface area (Å²) in [4.78, 5) is 0. The molecule has 0 aromatic rings. The molecule has 0 N–H and O–H groups in total. The molecule has 2 aliphatic rings.